The number of carbonyl (C=O) groups is 1. The van der Waals surface area contributed by atoms with E-state index in [2.05, 4.69) is 14.8 Å². The van der Waals surface area contributed by atoms with E-state index in [1.54, 1.807) is 4.52 Å². The summed E-state index contributed by atoms with van der Waals surface area (Å²) >= 11 is 0. The monoisotopic (exact) mass is 191 g/mol. The highest BCUT2D eigenvalue weighted by atomic mass is 16.5. The smallest absolute Gasteiger partial charge is 0.311 e. The summed E-state index contributed by atoms with van der Waals surface area (Å²) in [6.07, 6.45) is 1.66. The number of hydrogen-bond acceptors (Lipinski definition) is 4. The van der Waals surface area contributed by atoms with Crippen molar-refractivity contribution in [1.82, 2.24) is 14.6 Å². The van der Waals surface area contributed by atoms with E-state index in [9.17, 15) is 4.79 Å². The summed E-state index contributed by atoms with van der Waals surface area (Å²) in [6, 6.07) is 5.48. The van der Waals surface area contributed by atoms with E-state index < -0.39 is 0 Å². The first-order chi connectivity index (χ1) is 6.81. The van der Waals surface area contributed by atoms with Crippen molar-refractivity contribution in [3.05, 3.63) is 30.2 Å². The zero-order valence-corrected chi connectivity index (χ0v) is 7.67. The third-order valence-corrected chi connectivity index (χ3v) is 1.93. The van der Waals surface area contributed by atoms with Gasteiger partial charge in [-0.1, -0.05) is 6.07 Å². The first kappa shape index (κ1) is 8.68. The number of nitrogens with zero attached hydrogens (tertiary/aromatic N) is 3. The van der Waals surface area contributed by atoms with Crippen LogP contribution in [0.25, 0.3) is 5.65 Å². The summed E-state index contributed by atoms with van der Waals surface area (Å²) in [7, 11) is 1.36. The highest BCUT2D eigenvalue weighted by Gasteiger charge is 2.07. The average molecular weight is 191 g/mol. The molecule has 0 aliphatic carbocycles. The number of carbonyl (C=O) groups excluding carboxylic acids is 1. The molecule has 2 rings (SSSR count). The Morgan fingerprint density at radius 2 is 2.43 bits per heavy atom. The van der Waals surface area contributed by atoms with Gasteiger partial charge in [-0.3, -0.25) is 4.79 Å². The van der Waals surface area contributed by atoms with Crippen LogP contribution in [0.3, 0.4) is 0 Å². The average Bonchev–Trinajstić information content (AvgIpc) is 2.66. The summed E-state index contributed by atoms with van der Waals surface area (Å²) in [6.45, 7) is 0. The predicted molar refractivity (Wildman–Crippen MR) is 48.7 cm³/mol. The molecule has 0 aliphatic heterocycles. The highest BCUT2D eigenvalue weighted by Crippen LogP contribution is 2.04. The lowest BCUT2D eigenvalue weighted by Gasteiger charge is -2.01. The van der Waals surface area contributed by atoms with Gasteiger partial charge in [0.2, 0.25) is 0 Å². The van der Waals surface area contributed by atoms with Crippen molar-refractivity contribution in [2.75, 3.05) is 7.11 Å². The normalized spacial score (nSPS) is 10.4. The van der Waals surface area contributed by atoms with Crippen LogP contribution >= 0.6 is 0 Å². The first-order valence-corrected chi connectivity index (χ1v) is 4.15. The van der Waals surface area contributed by atoms with Gasteiger partial charge in [0.05, 0.1) is 19.2 Å². The second-order valence-corrected chi connectivity index (χ2v) is 2.80. The molecule has 5 heteroatoms. The Morgan fingerprint density at radius 3 is 3.21 bits per heavy atom. The Bertz CT molecular complexity index is 464. The SMILES string of the molecule is COC(=O)Cc1cccc2ncnn12. The predicted octanol–water partition coefficient (Wildman–Crippen LogP) is 0.445. The molecule has 0 bridgehead atoms. The fourth-order valence-corrected chi connectivity index (χ4v) is 1.26. The van der Waals surface area contributed by atoms with Crippen molar-refractivity contribution in [1.29, 1.82) is 0 Å². The van der Waals surface area contributed by atoms with Gasteiger partial charge in [0.15, 0.2) is 5.65 Å². The number of rotatable bonds is 2. The van der Waals surface area contributed by atoms with Crippen LogP contribution < -0.4 is 0 Å². The molecule has 0 spiro atoms. The van der Waals surface area contributed by atoms with Gasteiger partial charge in [-0.05, 0) is 12.1 Å². The zero-order chi connectivity index (χ0) is 9.97. The molecular weight excluding hydrogens is 182 g/mol. The fraction of sp³-hybridized carbons (Fsp3) is 0.222. The fourth-order valence-electron chi connectivity index (χ4n) is 1.26. The van der Waals surface area contributed by atoms with Crippen molar-refractivity contribution in [3.63, 3.8) is 0 Å². The molecular formula is C9H9N3O2. The maximum atomic E-state index is 11.1. The molecule has 0 fully saturated rings. The molecule has 0 N–H and O–H groups in total. The van der Waals surface area contributed by atoms with Gasteiger partial charge in [0, 0.05) is 0 Å². The largest absolute Gasteiger partial charge is 0.469 e. The van der Waals surface area contributed by atoms with Crippen molar-refractivity contribution in [2.45, 2.75) is 6.42 Å². The van der Waals surface area contributed by atoms with Crippen LogP contribution in [-0.4, -0.2) is 27.7 Å². The number of fused-ring (bicyclic) bond motifs is 1. The Hall–Kier alpha value is -1.91. The lowest BCUT2D eigenvalue weighted by atomic mass is 10.3. The number of pyridine rings is 1. The Labute approximate surface area is 80.3 Å². The molecule has 0 atom stereocenters. The van der Waals surface area contributed by atoms with E-state index in [4.69, 9.17) is 0 Å². The standard InChI is InChI=1S/C9H9N3O2/c1-14-9(13)5-7-3-2-4-8-10-6-11-12(7)8/h2-4,6H,5H2,1H3. The third-order valence-electron chi connectivity index (χ3n) is 1.93. The second kappa shape index (κ2) is 3.45. The van der Waals surface area contributed by atoms with Crippen LogP contribution in [0.2, 0.25) is 0 Å². The topological polar surface area (TPSA) is 56.5 Å². The van der Waals surface area contributed by atoms with Crippen molar-refractivity contribution >= 4 is 11.6 Å². The van der Waals surface area contributed by atoms with Crippen molar-refractivity contribution in [2.24, 2.45) is 0 Å². The van der Waals surface area contributed by atoms with Crippen LogP contribution in [0.4, 0.5) is 0 Å². The van der Waals surface area contributed by atoms with Crippen molar-refractivity contribution < 1.29 is 9.53 Å². The molecule has 2 aromatic heterocycles. The lowest BCUT2D eigenvalue weighted by Crippen LogP contribution is -2.08. The summed E-state index contributed by atoms with van der Waals surface area (Å²) < 4.78 is 6.20. The van der Waals surface area contributed by atoms with Gasteiger partial charge in [-0.15, -0.1) is 0 Å². The van der Waals surface area contributed by atoms with Crippen molar-refractivity contribution in [3.8, 4) is 0 Å². The Kier molecular flexibility index (Phi) is 2.14. The molecule has 2 aromatic rings. The van der Waals surface area contributed by atoms with Gasteiger partial charge in [0.1, 0.15) is 6.33 Å². The summed E-state index contributed by atoms with van der Waals surface area (Å²) in [5, 5.41) is 4.00. The van der Waals surface area contributed by atoms with Gasteiger partial charge < -0.3 is 4.74 Å². The first-order valence-electron chi connectivity index (χ1n) is 4.15. The number of aromatic nitrogens is 3. The number of methoxy groups -OCH3 is 1. The number of esters is 1. The molecule has 0 aromatic carbocycles. The molecule has 5 nitrogen and oxygen atoms in total. The van der Waals surface area contributed by atoms with Gasteiger partial charge >= 0.3 is 5.97 Å². The number of hydrogen-bond donors (Lipinski definition) is 0. The molecule has 0 amide bonds. The van der Waals surface area contributed by atoms with Crippen LogP contribution in [0.5, 0.6) is 0 Å². The minimum atomic E-state index is -0.284. The van der Waals surface area contributed by atoms with E-state index in [-0.39, 0.29) is 12.4 Å². The minimum Gasteiger partial charge on any atom is -0.469 e. The van der Waals surface area contributed by atoms with E-state index >= 15 is 0 Å². The quantitative estimate of drug-likeness (QED) is 0.646. The zero-order valence-electron chi connectivity index (χ0n) is 7.67. The van der Waals surface area contributed by atoms with Crippen LogP contribution in [0.15, 0.2) is 24.5 Å². The van der Waals surface area contributed by atoms with Gasteiger partial charge in [-0.25, -0.2) is 9.50 Å². The molecule has 0 saturated heterocycles. The van der Waals surface area contributed by atoms with Gasteiger partial charge in [0.25, 0.3) is 0 Å². The van der Waals surface area contributed by atoms with Crippen LogP contribution in [-0.2, 0) is 16.0 Å². The maximum absolute atomic E-state index is 11.1. The Balaban J connectivity index is 2.41. The van der Waals surface area contributed by atoms with Gasteiger partial charge in [-0.2, -0.15) is 5.10 Å². The third kappa shape index (κ3) is 1.44. The molecule has 72 valence electrons. The molecule has 0 aliphatic rings. The number of ether oxygens (including phenoxy) is 1. The van der Waals surface area contributed by atoms with E-state index in [1.165, 1.54) is 13.4 Å². The Morgan fingerprint density at radius 1 is 1.57 bits per heavy atom. The maximum Gasteiger partial charge on any atom is 0.311 e. The lowest BCUT2D eigenvalue weighted by molar-refractivity contribution is -0.139. The van der Waals surface area contributed by atoms with Crippen LogP contribution in [0.1, 0.15) is 5.69 Å². The second-order valence-electron chi connectivity index (χ2n) is 2.80. The van der Waals surface area contributed by atoms with E-state index in [0.717, 1.165) is 11.3 Å². The highest BCUT2D eigenvalue weighted by molar-refractivity contribution is 5.72. The van der Waals surface area contributed by atoms with E-state index in [0.29, 0.717) is 0 Å². The minimum absolute atomic E-state index is 0.206. The molecule has 14 heavy (non-hydrogen) atoms. The summed E-state index contributed by atoms with van der Waals surface area (Å²) in [5.74, 6) is -0.284. The molecule has 0 radical (unpaired) electrons. The van der Waals surface area contributed by atoms with E-state index in [1.807, 2.05) is 18.2 Å². The van der Waals surface area contributed by atoms with Crippen LogP contribution in [0, 0.1) is 0 Å². The molecule has 0 saturated carbocycles. The summed E-state index contributed by atoms with van der Waals surface area (Å²) in [5.41, 5.74) is 1.50. The summed E-state index contributed by atoms with van der Waals surface area (Å²) in [4.78, 5) is 15.1. The molecule has 0 unspecified atom stereocenters. The molecule has 2 heterocycles.